The van der Waals surface area contributed by atoms with Crippen molar-refractivity contribution in [3.63, 3.8) is 0 Å². The fourth-order valence-electron chi connectivity index (χ4n) is 3.87. The number of fused-ring (bicyclic) bond motifs is 3. The van der Waals surface area contributed by atoms with E-state index in [2.05, 4.69) is 10.2 Å². The molecule has 2 amide bonds. The lowest BCUT2D eigenvalue weighted by molar-refractivity contribution is -0.172. The summed E-state index contributed by atoms with van der Waals surface area (Å²) in [4.78, 5) is 40.4. The van der Waals surface area contributed by atoms with Crippen LogP contribution in [0.2, 0.25) is 0 Å². The van der Waals surface area contributed by atoms with E-state index in [9.17, 15) is 23.0 Å². The quantitative estimate of drug-likeness (QED) is 0.266. The highest BCUT2D eigenvalue weighted by atomic mass is 19.2. The lowest BCUT2D eigenvalue weighted by atomic mass is 10.1. The van der Waals surface area contributed by atoms with Gasteiger partial charge in [-0.1, -0.05) is 48.5 Å². The molecule has 0 N–H and O–H groups in total. The number of imide groups is 1. The molecule has 1 aliphatic carbocycles. The van der Waals surface area contributed by atoms with Gasteiger partial charge in [0.15, 0.2) is 0 Å². The second-order valence-corrected chi connectivity index (χ2v) is 7.56. The monoisotopic (exact) mass is 460 g/mol. The van der Waals surface area contributed by atoms with E-state index in [4.69, 9.17) is 4.84 Å². The molecular formula is C23H15BF2N4O4. The molecule has 5 rings (SSSR count). The van der Waals surface area contributed by atoms with Crippen LogP contribution < -0.4 is 5.49 Å². The highest BCUT2D eigenvalue weighted by Crippen LogP contribution is 2.36. The first-order valence-corrected chi connectivity index (χ1v) is 10.3. The molecule has 2 heterocycles. The van der Waals surface area contributed by atoms with Gasteiger partial charge in [-0.25, -0.2) is 4.79 Å². The molecule has 168 valence electrons. The minimum atomic E-state index is -3.04. The number of carbonyl (C=O) groups is 3. The second kappa shape index (κ2) is 8.51. The average Bonchev–Trinajstić information content (AvgIpc) is 3.34. The Bertz CT molecular complexity index is 1390. The SMILES string of the molecule is O=C(ON1C(=O)CCC1=O)c1cc/c(=N/N=C2c3ccccc3-c3ccccc32)n(B(F)F)c1. The molecule has 0 saturated carbocycles. The minimum absolute atomic E-state index is 0.0758. The van der Waals surface area contributed by atoms with Gasteiger partial charge < -0.3 is 9.32 Å². The lowest BCUT2D eigenvalue weighted by Crippen LogP contribution is -2.33. The van der Waals surface area contributed by atoms with E-state index in [1.807, 2.05) is 48.5 Å². The van der Waals surface area contributed by atoms with Gasteiger partial charge in [-0.05, 0) is 23.3 Å². The number of halogens is 2. The number of rotatable bonds is 4. The Hall–Kier alpha value is -4.41. The van der Waals surface area contributed by atoms with E-state index in [0.29, 0.717) is 15.3 Å². The topological polar surface area (TPSA) is 93.3 Å². The molecule has 11 heteroatoms. The molecule has 0 bridgehead atoms. The molecule has 1 aromatic heterocycles. The molecule has 2 aliphatic rings. The molecule has 3 aromatic rings. The van der Waals surface area contributed by atoms with Crippen LogP contribution in [-0.4, -0.2) is 40.4 Å². The third kappa shape index (κ3) is 3.70. The molecule has 0 spiro atoms. The van der Waals surface area contributed by atoms with E-state index in [1.165, 1.54) is 12.1 Å². The fourth-order valence-corrected chi connectivity index (χ4v) is 3.87. The van der Waals surface area contributed by atoms with Crippen molar-refractivity contribution in [2.75, 3.05) is 0 Å². The summed E-state index contributed by atoms with van der Waals surface area (Å²) in [6.07, 6.45) is 0.689. The molecular weight excluding hydrogens is 445 g/mol. The van der Waals surface area contributed by atoms with Crippen molar-refractivity contribution in [2.45, 2.75) is 12.8 Å². The Kier molecular flexibility index (Phi) is 5.36. The summed E-state index contributed by atoms with van der Waals surface area (Å²) in [7, 11) is -3.04. The van der Waals surface area contributed by atoms with E-state index in [-0.39, 0.29) is 23.9 Å². The van der Waals surface area contributed by atoms with Crippen molar-refractivity contribution < 1.29 is 27.9 Å². The van der Waals surface area contributed by atoms with Gasteiger partial charge >= 0.3 is 13.4 Å². The first-order valence-electron chi connectivity index (χ1n) is 10.3. The Balaban J connectivity index is 1.52. The standard InChI is InChI=1S/C23H15BF2N4O4/c25-24(26)29-13-14(23(33)34-30-20(31)11-12-21(30)32)9-10-19(29)27-28-22-17-7-3-1-5-15(17)16-6-2-4-8-18(16)22/h1-10,13H,11-12H2/b27-19-. The van der Waals surface area contributed by atoms with Crippen molar-refractivity contribution in [2.24, 2.45) is 10.2 Å². The third-order valence-electron chi connectivity index (χ3n) is 5.49. The molecule has 34 heavy (non-hydrogen) atoms. The minimum Gasteiger partial charge on any atom is -0.325 e. The van der Waals surface area contributed by atoms with Crippen LogP contribution in [0.15, 0.2) is 77.1 Å². The average molecular weight is 460 g/mol. The van der Waals surface area contributed by atoms with Crippen LogP contribution in [0.5, 0.6) is 0 Å². The number of hydroxylamine groups is 2. The predicted molar refractivity (Wildman–Crippen MR) is 117 cm³/mol. The van der Waals surface area contributed by atoms with Crippen LogP contribution in [0.4, 0.5) is 8.63 Å². The zero-order chi connectivity index (χ0) is 23.8. The van der Waals surface area contributed by atoms with E-state index in [1.54, 1.807) is 0 Å². The maximum Gasteiger partial charge on any atom is 0.678 e. The molecule has 1 fully saturated rings. The van der Waals surface area contributed by atoms with Crippen LogP contribution in [-0.2, 0) is 14.4 Å². The Morgan fingerprint density at radius 3 is 1.94 bits per heavy atom. The number of hydrogen-bond acceptors (Lipinski definition) is 6. The van der Waals surface area contributed by atoms with Crippen LogP contribution in [0.1, 0.15) is 34.3 Å². The van der Waals surface area contributed by atoms with Gasteiger partial charge in [-0.2, -0.15) is 0 Å². The molecule has 2 aromatic carbocycles. The van der Waals surface area contributed by atoms with Gasteiger partial charge in [0.1, 0.15) is 11.2 Å². The van der Waals surface area contributed by atoms with Gasteiger partial charge in [0, 0.05) is 30.2 Å². The van der Waals surface area contributed by atoms with Crippen molar-refractivity contribution in [1.29, 1.82) is 0 Å². The normalized spacial score (nSPS) is 14.8. The first-order chi connectivity index (χ1) is 16.4. The number of nitrogens with zero attached hydrogens (tertiary/aromatic N) is 4. The largest absolute Gasteiger partial charge is 0.678 e. The summed E-state index contributed by atoms with van der Waals surface area (Å²) < 4.78 is 28.0. The lowest BCUT2D eigenvalue weighted by Gasteiger charge is -2.13. The summed E-state index contributed by atoms with van der Waals surface area (Å²) in [5, 5.41) is 8.66. The number of aromatic nitrogens is 1. The smallest absolute Gasteiger partial charge is 0.325 e. The number of benzene rings is 2. The number of pyridine rings is 1. The van der Waals surface area contributed by atoms with E-state index in [0.717, 1.165) is 28.5 Å². The highest BCUT2D eigenvalue weighted by Gasteiger charge is 2.33. The molecule has 0 radical (unpaired) electrons. The number of carbonyl (C=O) groups excluding carboxylic acids is 3. The highest BCUT2D eigenvalue weighted by molar-refractivity contribution is 6.40. The maximum atomic E-state index is 13.8. The van der Waals surface area contributed by atoms with Gasteiger partial charge in [0.25, 0.3) is 11.8 Å². The van der Waals surface area contributed by atoms with Gasteiger partial charge in [-0.15, -0.1) is 15.3 Å². The van der Waals surface area contributed by atoms with Crippen LogP contribution in [0.25, 0.3) is 11.1 Å². The predicted octanol–water partition coefficient (Wildman–Crippen LogP) is 2.81. The zero-order valence-corrected chi connectivity index (χ0v) is 17.5. The van der Waals surface area contributed by atoms with Gasteiger partial charge in [0.05, 0.1) is 5.56 Å². The van der Waals surface area contributed by atoms with E-state index >= 15 is 0 Å². The van der Waals surface area contributed by atoms with Crippen LogP contribution in [0, 0.1) is 0 Å². The molecule has 1 saturated heterocycles. The van der Waals surface area contributed by atoms with Gasteiger partial charge in [0.2, 0.25) is 0 Å². The van der Waals surface area contributed by atoms with Crippen molar-refractivity contribution in [3.8, 4) is 11.1 Å². The maximum absolute atomic E-state index is 13.8. The molecule has 0 unspecified atom stereocenters. The molecule has 8 nitrogen and oxygen atoms in total. The van der Waals surface area contributed by atoms with Crippen molar-refractivity contribution in [3.05, 3.63) is 89.0 Å². The Labute approximate surface area is 192 Å². The number of amides is 2. The Morgan fingerprint density at radius 1 is 0.824 bits per heavy atom. The van der Waals surface area contributed by atoms with Gasteiger partial charge in [-0.3, -0.25) is 18.2 Å². The summed E-state index contributed by atoms with van der Waals surface area (Å²) in [5.74, 6) is -2.45. The zero-order valence-electron chi connectivity index (χ0n) is 17.5. The Morgan fingerprint density at radius 2 is 1.38 bits per heavy atom. The second-order valence-electron chi connectivity index (χ2n) is 7.56. The van der Waals surface area contributed by atoms with Crippen LogP contribution in [0.3, 0.4) is 0 Å². The van der Waals surface area contributed by atoms with E-state index < -0.39 is 25.2 Å². The fraction of sp³-hybridized carbons (Fsp3) is 0.0870. The summed E-state index contributed by atoms with van der Waals surface area (Å²) in [5.41, 5.74) is 3.66. The summed E-state index contributed by atoms with van der Waals surface area (Å²) in [6, 6.07) is 17.6. The van der Waals surface area contributed by atoms with Crippen molar-refractivity contribution in [1.82, 2.24) is 9.54 Å². The first kappa shape index (κ1) is 21.4. The van der Waals surface area contributed by atoms with Crippen LogP contribution >= 0.6 is 0 Å². The third-order valence-corrected chi connectivity index (χ3v) is 5.49. The van der Waals surface area contributed by atoms with Crippen molar-refractivity contribution >= 4 is 30.9 Å². The molecule has 1 aliphatic heterocycles. The number of hydrogen-bond donors (Lipinski definition) is 0. The summed E-state index contributed by atoms with van der Waals surface area (Å²) >= 11 is 0. The summed E-state index contributed by atoms with van der Waals surface area (Å²) in [6.45, 7) is 0. The molecule has 0 atom stereocenters.